The highest BCUT2D eigenvalue weighted by Gasteiger charge is 2.19. The van der Waals surface area contributed by atoms with Crippen LogP contribution in [-0.4, -0.2) is 24.5 Å². The summed E-state index contributed by atoms with van der Waals surface area (Å²) in [5, 5.41) is 15.7. The van der Waals surface area contributed by atoms with Crippen LogP contribution in [0.15, 0.2) is 60.0 Å². The molecule has 2 aromatic carbocycles. The van der Waals surface area contributed by atoms with E-state index >= 15 is 0 Å². The summed E-state index contributed by atoms with van der Waals surface area (Å²) in [6.07, 6.45) is 0. The molecule has 1 amide bonds. The molecule has 3 rings (SSSR count). The number of thiophene rings is 1. The van der Waals surface area contributed by atoms with Crippen molar-refractivity contribution in [3.8, 4) is 11.5 Å². The van der Waals surface area contributed by atoms with Gasteiger partial charge in [0.15, 0.2) is 18.1 Å². The van der Waals surface area contributed by atoms with Gasteiger partial charge in [-0.1, -0.05) is 18.2 Å². The van der Waals surface area contributed by atoms with Gasteiger partial charge in [0.05, 0.1) is 24.1 Å². The summed E-state index contributed by atoms with van der Waals surface area (Å²) in [7, 11) is 1.40. The smallest absolute Gasteiger partial charge is 0.273 e. The average molecular weight is 416 g/mol. The second kappa shape index (κ2) is 9.16. The van der Waals surface area contributed by atoms with Gasteiger partial charge in [0.1, 0.15) is 5.82 Å². The third-order valence-electron chi connectivity index (χ3n) is 4.05. The van der Waals surface area contributed by atoms with E-state index in [0.717, 1.165) is 10.4 Å². The number of nitro groups is 1. The van der Waals surface area contributed by atoms with Gasteiger partial charge in [-0.2, -0.15) is 0 Å². The second-order valence-electron chi connectivity index (χ2n) is 5.95. The minimum absolute atomic E-state index is 0.0892. The maximum Gasteiger partial charge on any atom is 0.273 e. The molecule has 0 fully saturated rings. The number of methoxy groups -OCH3 is 1. The number of rotatable bonds is 8. The number of nitrogens with zero attached hydrogens (tertiary/aromatic N) is 1. The molecule has 0 spiro atoms. The highest BCUT2D eigenvalue weighted by atomic mass is 32.1. The van der Waals surface area contributed by atoms with Crippen molar-refractivity contribution in [1.29, 1.82) is 0 Å². The van der Waals surface area contributed by atoms with E-state index in [1.807, 2.05) is 17.5 Å². The fourth-order valence-electron chi connectivity index (χ4n) is 2.67. The third kappa shape index (κ3) is 5.08. The van der Waals surface area contributed by atoms with E-state index in [1.165, 1.54) is 48.8 Å². The van der Waals surface area contributed by atoms with Gasteiger partial charge in [-0.25, -0.2) is 4.39 Å². The average Bonchev–Trinajstić information content (AvgIpc) is 3.25. The van der Waals surface area contributed by atoms with Crippen molar-refractivity contribution < 1.29 is 23.6 Å². The first-order valence-electron chi connectivity index (χ1n) is 8.51. The number of nitrogens with one attached hydrogen (secondary N) is 1. The Hall–Kier alpha value is -3.46. The van der Waals surface area contributed by atoms with Crippen LogP contribution in [-0.2, 0) is 4.79 Å². The van der Waals surface area contributed by atoms with Crippen LogP contribution in [0.3, 0.4) is 0 Å². The van der Waals surface area contributed by atoms with Gasteiger partial charge in [0, 0.05) is 10.9 Å². The minimum atomic E-state index is -0.562. The van der Waals surface area contributed by atoms with Gasteiger partial charge < -0.3 is 14.8 Å². The number of carbonyl (C=O) groups is 1. The number of halogens is 1. The molecule has 29 heavy (non-hydrogen) atoms. The number of benzene rings is 2. The van der Waals surface area contributed by atoms with E-state index in [-0.39, 0.29) is 29.6 Å². The standard InChI is InChI=1S/C20H17FN2O5S/c1-27-16-9-8-15(23(25)26)11-17(16)28-12-19(24)22-20(18-3-2-10-29-18)13-4-6-14(21)7-5-13/h2-11,20H,12H2,1H3,(H,22,24)/t20-/m0/s1. The third-order valence-corrected chi connectivity index (χ3v) is 4.99. The summed E-state index contributed by atoms with van der Waals surface area (Å²) in [4.78, 5) is 23.8. The monoisotopic (exact) mass is 416 g/mol. The Morgan fingerprint density at radius 3 is 2.59 bits per heavy atom. The van der Waals surface area contributed by atoms with Crippen molar-refractivity contribution in [3.63, 3.8) is 0 Å². The summed E-state index contributed by atoms with van der Waals surface area (Å²) >= 11 is 1.45. The lowest BCUT2D eigenvalue weighted by Crippen LogP contribution is -2.33. The molecule has 7 nitrogen and oxygen atoms in total. The zero-order valence-corrected chi connectivity index (χ0v) is 16.1. The molecule has 0 saturated heterocycles. The summed E-state index contributed by atoms with van der Waals surface area (Å²) < 4.78 is 23.8. The van der Waals surface area contributed by atoms with Crippen molar-refractivity contribution in [1.82, 2.24) is 5.32 Å². The topological polar surface area (TPSA) is 90.7 Å². The molecule has 0 aliphatic heterocycles. The van der Waals surface area contributed by atoms with Crippen molar-refractivity contribution >= 4 is 22.9 Å². The van der Waals surface area contributed by atoms with Gasteiger partial charge in [-0.3, -0.25) is 14.9 Å². The normalized spacial score (nSPS) is 11.5. The van der Waals surface area contributed by atoms with E-state index in [2.05, 4.69) is 5.32 Å². The Morgan fingerprint density at radius 2 is 1.97 bits per heavy atom. The number of amides is 1. The van der Waals surface area contributed by atoms with Crippen LogP contribution >= 0.6 is 11.3 Å². The molecule has 150 valence electrons. The minimum Gasteiger partial charge on any atom is -0.493 e. The van der Waals surface area contributed by atoms with Gasteiger partial charge >= 0.3 is 0 Å². The highest BCUT2D eigenvalue weighted by molar-refractivity contribution is 7.10. The number of hydrogen-bond donors (Lipinski definition) is 1. The van der Waals surface area contributed by atoms with Gasteiger partial charge in [0.2, 0.25) is 0 Å². The SMILES string of the molecule is COc1ccc([N+](=O)[O-])cc1OCC(=O)N[C@@H](c1ccc(F)cc1)c1cccs1. The second-order valence-corrected chi connectivity index (χ2v) is 6.93. The lowest BCUT2D eigenvalue weighted by atomic mass is 10.1. The number of carbonyl (C=O) groups excluding carboxylic acids is 1. The van der Waals surface area contributed by atoms with Crippen LogP contribution < -0.4 is 14.8 Å². The molecule has 3 aromatic rings. The largest absolute Gasteiger partial charge is 0.493 e. The lowest BCUT2D eigenvalue weighted by Gasteiger charge is -2.18. The van der Waals surface area contributed by atoms with Crippen molar-refractivity contribution in [2.24, 2.45) is 0 Å². The molecular weight excluding hydrogens is 399 g/mol. The first-order valence-corrected chi connectivity index (χ1v) is 9.39. The first kappa shape index (κ1) is 20.3. The molecule has 0 aliphatic carbocycles. The zero-order valence-electron chi connectivity index (χ0n) is 15.3. The van der Waals surface area contributed by atoms with E-state index < -0.39 is 16.9 Å². The maximum atomic E-state index is 13.3. The number of ether oxygens (including phenoxy) is 2. The Morgan fingerprint density at radius 1 is 1.21 bits per heavy atom. The molecule has 1 N–H and O–H groups in total. The summed E-state index contributed by atoms with van der Waals surface area (Å²) in [6, 6.07) is 13.0. The fourth-order valence-corrected chi connectivity index (χ4v) is 3.47. The van der Waals surface area contributed by atoms with Crippen LogP contribution in [0.4, 0.5) is 10.1 Å². The molecule has 0 aliphatic rings. The molecule has 1 heterocycles. The van der Waals surface area contributed by atoms with Crippen molar-refractivity contribution in [2.75, 3.05) is 13.7 Å². The quantitative estimate of drug-likeness (QED) is 0.441. The molecule has 0 unspecified atom stereocenters. The number of nitro benzene ring substituents is 1. The van der Waals surface area contributed by atoms with Crippen molar-refractivity contribution in [2.45, 2.75) is 6.04 Å². The highest BCUT2D eigenvalue weighted by Crippen LogP contribution is 2.31. The van der Waals surface area contributed by atoms with E-state index in [0.29, 0.717) is 0 Å². The summed E-state index contributed by atoms with van der Waals surface area (Å²) in [5.74, 6) is -0.449. The van der Waals surface area contributed by atoms with Crippen molar-refractivity contribution in [3.05, 3.63) is 86.3 Å². The fraction of sp³-hybridized carbons (Fsp3) is 0.150. The maximum absolute atomic E-state index is 13.3. The molecule has 9 heteroatoms. The van der Waals surface area contributed by atoms with E-state index in [9.17, 15) is 19.3 Å². The van der Waals surface area contributed by atoms with E-state index in [4.69, 9.17) is 9.47 Å². The Labute approximate surface area is 169 Å². The van der Waals surface area contributed by atoms with Crippen LogP contribution in [0.1, 0.15) is 16.5 Å². The van der Waals surface area contributed by atoms with Gasteiger partial charge in [0.25, 0.3) is 11.6 Å². The van der Waals surface area contributed by atoms with Gasteiger partial charge in [-0.15, -0.1) is 11.3 Å². The van der Waals surface area contributed by atoms with Crippen LogP contribution in [0.25, 0.3) is 0 Å². The Balaban J connectivity index is 1.73. The molecule has 1 aromatic heterocycles. The molecule has 1 atom stereocenters. The zero-order chi connectivity index (χ0) is 20.8. The summed E-state index contributed by atoms with van der Waals surface area (Å²) in [5.41, 5.74) is 0.541. The lowest BCUT2D eigenvalue weighted by molar-refractivity contribution is -0.385. The summed E-state index contributed by atoms with van der Waals surface area (Å²) in [6.45, 7) is -0.374. The number of hydrogen-bond acceptors (Lipinski definition) is 6. The molecule has 0 saturated carbocycles. The van der Waals surface area contributed by atoms with Crippen LogP contribution in [0.2, 0.25) is 0 Å². The predicted molar refractivity (Wildman–Crippen MR) is 106 cm³/mol. The molecule has 0 radical (unpaired) electrons. The molecule has 0 bridgehead atoms. The predicted octanol–water partition coefficient (Wildman–Crippen LogP) is 4.09. The van der Waals surface area contributed by atoms with Gasteiger partial charge in [-0.05, 0) is 35.2 Å². The van der Waals surface area contributed by atoms with E-state index in [1.54, 1.807) is 12.1 Å². The Kier molecular flexibility index (Phi) is 6.40. The van der Waals surface area contributed by atoms with Crippen LogP contribution in [0, 0.1) is 15.9 Å². The number of non-ortho nitro benzene ring substituents is 1. The van der Waals surface area contributed by atoms with Crippen LogP contribution in [0.5, 0.6) is 11.5 Å². The molecular formula is C20H17FN2O5S. The Bertz CT molecular complexity index is 993. The first-order chi connectivity index (χ1) is 14.0.